The standard InChI is InChI=1S/C15H13ClFNO2/c1-18(9-10-5-2-3-7-12(10)16)14-11(15(19)20)6-4-8-13(14)17/h2-8H,9H2,1H3,(H,19,20). The van der Waals surface area contributed by atoms with Crippen molar-refractivity contribution in [2.75, 3.05) is 11.9 Å². The van der Waals surface area contributed by atoms with Gasteiger partial charge in [-0.3, -0.25) is 0 Å². The summed E-state index contributed by atoms with van der Waals surface area (Å²) in [6, 6.07) is 11.2. The third-order valence-corrected chi connectivity index (χ3v) is 3.33. The van der Waals surface area contributed by atoms with E-state index in [9.17, 15) is 9.18 Å². The number of carboxylic acid groups (broad SMARTS) is 1. The molecule has 0 saturated carbocycles. The zero-order valence-corrected chi connectivity index (χ0v) is 11.6. The fourth-order valence-electron chi connectivity index (χ4n) is 2.04. The lowest BCUT2D eigenvalue weighted by Crippen LogP contribution is -2.21. The van der Waals surface area contributed by atoms with Crippen LogP contribution in [-0.2, 0) is 6.54 Å². The lowest BCUT2D eigenvalue weighted by atomic mass is 10.1. The Morgan fingerprint density at radius 2 is 1.95 bits per heavy atom. The number of hydrogen-bond acceptors (Lipinski definition) is 2. The Bertz CT molecular complexity index is 646. The van der Waals surface area contributed by atoms with Crippen molar-refractivity contribution in [2.45, 2.75) is 6.54 Å². The smallest absolute Gasteiger partial charge is 0.337 e. The number of carbonyl (C=O) groups is 1. The molecule has 0 bridgehead atoms. The van der Waals surface area contributed by atoms with E-state index >= 15 is 0 Å². The SMILES string of the molecule is CN(Cc1ccccc1Cl)c1c(F)cccc1C(=O)O. The first-order chi connectivity index (χ1) is 9.50. The highest BCUT2D eigenvalue weighted by Crippen LogP contribution is 2.26. The summed E-state index contributed by atoms with van der Waals surface area (Å²) in [4.78, 5) is 12.7. The van der Waals surface area contributed by atoms with Gasteiger partial charge in [-0.15, -0.1) is 0 Å². The lowest BCUT2D eigenvalue weighted by molar-refractivity contribution is 0.0697. The van der Waals surface area contributed by atoms with Gasteiger partial charge >= 0.3 is 5.97 Å². The molecule has 2 aromatic rings. The van der Waals surface area contributed by atoms with E-state index in [0.29, 0.717) is 11.6 Å². The van der Waals surface area contributed by atoms with Gasteiger partial charge < -0.3 is 10.0 Å². The fraction of sp³-hybridized carbons (Fsp3) is 0.133. The summed E-state index contributed by atoms with van der Waals surface area (Å²) in [5.41, 5.74) is 0.788. The Morgan fingerprint density at radius 3 is 2.60 bits per heavy atom. The van der Waals surface area contributed by atoms with Crippen molar-refractivity contribution >= 4 is 23.3 Å². The first-order valence-corrected chi connectivity index (χ1v) is 6.35. The van der Waals surface area contributed by atoms with Crippen LogP contribution in [-0.4, -0.2) is 18.1 Å². The Kier molecular flexibility index (Phi) is 4.25. The number of aromatic carboxylic acids is 1. The molecular weight excluding hydrogens is 281 g/mol. The average molecular weight is 294 g/mol. The molecule has 2 aromatic carbocycles. The average Bonchev–Trinajstić information content (AvgIpc) is 2.40. The van der Waals surface area contributed by atoms with Crippen LogP contribution in [0.2, 0.25) is 5.02 Å². The van der Waals surface area contributed by atoms with Gasteiger partial charge in [-0.25, -0.2) is 9.18 Å². The molecule has 5 heteroatoms. The topological polar surface area (TPSA) is 40.5 Å². The molecule has 3 nitrogen and oxygen atoms in total. The van der Waals surface area contributed by atoms with E-state index < -0.39 is 11.8 Å². The lowest BCUT2D eigenvalue weighted by Gasteiger charge is -2.22. The van der Waals surface area contributed by atoms with Crippen LogP contribution in [0.3, 0.4) is 0 Å². The highest BCUT2D eigenvalue weighted by Gasteiger charge is 2.18. The zero-order valence-electron chi connectivity index (χ0n) is 10.8. The summed E-state index contributed by atoms with van der Waals surface area (Å²) in [5.74, 6) is -1.73. The Labute approximate surface area is 121 Å². The van der Waals surface area contributed by atoms with Crippen molar-refractivity contribution in [3.05, 3.63) is 64.4 Å². The molecule has 0 saturated heterocycles. The number of rotatable bonds is 4. The van der Waals surface area contributed by atoms with Gasteiger partial charge in [-0.2, -0.15) is 0 Å². The summed E-state index contributed by atoms with van der Waals surface area (Å²) >= 11 is 6.06. The number of halogens is 2. The summed E-state index contributed by atoms with van der Waals surface area (Å²) < 4.78 is 13.9. The third kappa shape index (κ3) is 2.91. The summed E-state index contributed by atoms with van der Waals surface area (Å²) in [6.45, 7) is 0.320. The van der Waals surface area contributed by atoms with Crippen LogP contribution in [0.15, 0.2) is 42.5 Å². The quantitative estimate of drug-likeness (QED) is 0.932. The Balaban J connectivity index is 2.37. The van der Waals surface area contributed by atoms with Gasteiger partial charge in [0.15, 0.2) is 0 Å². The van der Waals surface area contributed by atoms with Crippen molar-refractivity contribution in [3.63, 3.8) is 0 Å². The molecule has 0 radical (unpaired) electrons. The van der Waals surface area contributed by atoms with Crippen molar-refractivity contribution in [1.29, 1.82) is 0 Å². The molecule has 104 valence electrons. The maximum Gasteiger partial charge on any atom is 0.337 e. The predicted molar refractivity (Wildman–Crippen MR) is 76.9 cm³/mol. The van der Waals surface area contributed by atoms with Crippen LogP contribution >= 0.6 is 11.6 Å². The fourth-order valence-corrected chi connectivity index (χ4v) is 2.23. The second-order valence-electron chi connectivity index (χ2n) is 4.39. The minimum atomic E-state index is -1.16. The maximum atomic E-state index is 13.9. The minimum absolute atomic E-state index is 0.0555. The van der Waals surface area contributed by atoms with E-state index in [4.69, 9.17) is 16.7 Å². The molecular formula is C15H13ClFNO2. The van der Waals surface area contributed by atoms with Gasteiger partial charge in [0.1, 0.15) is 5.82 Å². The van der Waals surface area contributed by atoms with Crippen LogP contribution in [0.4, 0.5) is 10.1 Å². The van der Waals surface area contributed by atoms with E-state index in [2.05, 4.69) is 0 Å². The summed E-state index contributed by atoms with van der Waals surface area (Å²) in [5, 5.41) is 9.70. The normalized spacial score (nSPS) is 10.3. The van der Waals surface area contributed by atoms with Crippen LogP contribution in [0.5, 0.6) is 0 Å². The molecule has 0 atom stereocenters. The summed E-state index contributed by atoms with van der Waals surface area (Å²) in [7, 11) is 1.63. The van der Waals surface area contributed by atoms with Crippen molar-refractivity contribution in [2.24, 2.45) is 0 Å². The zero-order chi connectivity index (χ0) is 14.7. The number of anilines is 1. The second-order valence-corrected chi connectivity index (χ2v) is 4.80. The van der Waals surface area contributed by atoms with E-state index in [0.717, 1.165) is 5.56 Å². The maximum absolute atomic E-state index is 13.9. The molecule has 1 N–H and O–H groups in total. The molecule has 0 unspecified atom stereocenters. The number of para-hydroxylation sites is 1. The molecule has 20 heavy (non-hydrogen) atoms. The Hall–Kier alpha value is -2.07. The van der Waals surface area contributed by atoms with E-state index in [-0.39, 0.29) is 11.3 Å². The van der Waals surface area contributed by atoms with Gasteiger partial charge in [0.2, 0.25) is 0 Å². The minimum Gasteiger partial charge on any atom is -0.478 e. The predicted octanol–water partition coefficient (Wildman–Crippen LogP) is 3.81. The third-order valence-electron chi connectivity index (χ3n) is 2.96. The molecule has 0 aliphatic rings. The molecule has 0 aliphatic carbocycles. The second kappa shape index (κ2) is 5.92. The molecule has 0 amide bonds. The molecule has 0 aromatic heterocycles. The van der Waals surface area contributed by atoms with Gasteiger partial charge in [0, 0.05) is 18.6 Å². The van der Waals surface area contributed by atoms with Crippen LogP contribution < -0.4 is 4.90 Å². The molecule has 0 aliphatic heterocycles. The first kappa shape index (κ1) is 14.3. The molecule has 0 heterocycles. The van der Waals surface area contributed by atoms with E-state index in [1.807, 2.05) is 12.1 Å². The molecule has 0 fully saturated rings. The monoisotopic (exact) mass is 293 g/mol. The summed E-state index contributed by atoms with van der Waals surface area (Å²) in [6.07, 6.45) is 0. The highest BCUT2D eigenvalue weighted by molar-refractivity contribution is 6.31. The molecule has 2 rings (SSSR count). The number of nitrogens with zero attached hydrogens (tertiary/aromatic N) is 1. The van der Waals surface area contributed by atoms with Gasteiger partial charge in [-0.1, -0.05) is 35.9 Å². The number of carboxylic acids is 1. The van der Waals surface area contributed by atoms with Crippen LogP contribution in [0.1, 0.15) is 15.9 Å². The Morgan fingerprint density at radius 1 is 1.25 bits per heavy atom. The van der Waals surface area contributed by atoms with Gasteiger partial charge in [0.25, 0.3) is 0 Å². The number of benzene rings is 2. The van der Waals surface area contributed by atoms with E-state index in [1.54, 1.807) is 24.1 Å². The molecule has 0 spiro atoms. The van der Waals surface area contributed by atoms with E-state index in [1.165, 1.54) is 18.2 Å². The van der Waals surface area contributed by atoms with Gasteiger partial charge in [0.05, 0.1) is 11.3 Å². The van der Waals surface area contributed by atoms with Crippen molar-refractivity contribution in [3.8, 4) is 0 Å². The largest absolute Gasteiger partial charge is 0.478 e. The van der Waals surface area contributed by atoms with Crippen molar-refractivity contribution < 1.29 is 14.3 Å². The number of hydrogen-bond donors (Lipinski definition) is 1. The van der Waals surface area contributed by atoms with Crippen LogP contribution in [0.25, 0.3) is 0 Å². The van der Waals surface area contributed by atoms with Crippen molar-refractivity contribution in [1.82, 2.24) is 0 Å². The first-order valence-electron chi connectivity index (χ1n) is 5.97. The van der Waals surface area contributed by atoms with Gasteiger partial charge in [-0.05, 0) is 23.8 Å². The van der Waals surface area contributed by atoms with Crippen LogP contribution in [0, 0.1) is 5.82 Å². The highest BCUT2D eigenvalue weighted by atomic mass is 35.5.